The Morgan fingerprint density at radius 2 is 1.83 bits per heavy atom. The quantitative estimate of drug-likeness (QED) is 0.145. The lowest BCUT2D eigenvalue weighted by atomic mass is 10.2. The van der Waals surface area contributed by atoms with Crippen LogP contribution < -0.4 is 10.3 Å². The molecule has 0 saturated carbocycles. The molecular formula is C26H30N4O2S3. The Kier molecular flexibility index (Phi) is 8.43. The minimum absolute atomic E-state index is 0.122. The van der Waals surface area contributed by atoms with Gasteiger partial charge in [-0.3, -0.25) is 9.36 Å². The summed E-state index contributed by atoms with van der Waals surface area (Å²) in [5.74, 6) is 1.31. The molecule has 0 aliphatic heterocycles. The van der Waals surface area contributed by atoms with Crippen LogP contribution in [0.3, 0.4) is 0 Å². The van der Waals surface area contributed by atoms with Crippen LogP contribution in [0.15, 0.2) is 58.5 Å². The number of fused-ring (bicyclic) bond motifs is 1. The summed E-state index contributed by atoms with van der Waals surface area (Å²) < 4.78 is 10.5. The molecule has 0 N–H and O–H groups in total. The molecule has 0 radical (unpaired) electrons. The molecule has 0 aliphatic carbocycles. The number of nitrogens with zero attached hydrogens (tertiary/aromatic N) is 4. The van der Waals surface area contributed by atoms with Gasteiger partial charge in [-0.15, -0.1) is 0 Å². The van der Waals surface area contributed by atoms with E-state index in [9.17, 15) is 4.79 Å². The van der Waals surface area contributed by atoms with Gasteiger partial charge >= 0.3 is 0 Å². The van der Waals surface area contributed by atoms with Crippen molar-refractivity contribution in [3.8, 4) is 11.4 Å². The third-order valence-corrected chi connectivity index (χ3v) is 8.44. The summed E-state index contributed by atoms with van der Waals surface area (Å²) in [5.41, 5.74) is 3.60. The molecule has 0 saturated heterocycles. The van der Waals surface area contributed by atoms with E-state index < -0.39 is 0 Å². The average Bonchev–Trinajstić information content (AvgIpc) is 3.19. The van der Waals surface area contributed by atoms with E-state index in [-0.39, 0.29) is 5.56 Å². The third-order valence-electron chi connectivity index (χ3n) is 6.01. The van der Waals surface area contributed by atoms with Crippen molar-refractivity contribution in [2.75, 3.05) is 26.7 Å². The molecule has 2 aromatic heterocycles. The zero-order valence-corrected chi connectivity index (χ0v) is 22.9. The van der Waals surface area contributed by atoms with E-state index in [2.05, 4.69) is 49.9 Å². The molecule has 9 heteroatoms. The summed E-state index contributed by atoms with van der Waals surface area (Å²) >= 11 is 8.56. The summed E-state index contributed by atoms with van der Waals surface area (Å²) in [6, 6.07) is 16.0. The van der Waals surface area contributed by atoms with Crippen molar-refractivity contribution in [1.82, 2.24) is 19.0 Å². The van der Waals surface area contributed by atoms with Crippen molar-refractivity contribution in [2.45, 2.75) is 38.2 Å². The average molecular weight is 527 g/mol. The first-order valence-electron chi connectivity index (χ1n) is 11.7. The Morgan fingerprint density at radius 1 is 1.11 bits per heavy atom. The van der Waals surface area contributed by atoms with Crippen LogP contribution in [0.1, 0.15) is 25.0 Å². The van der Waals surface area contributed by atoms with Crippen LogP contribution in [-0.4, -0.2) is 45.8 Å². The molecule has 2 aromatic carbocycles. The molecule has 0 bridgehead atoms. The fraction of sp³-hybridized carbons (Fsp3) is 0.346. The molecule has 4 aromatic rings. The predicted octanol–water partition coefficient (Wildman–Crippen LogP) is 5.93. The number of methoxy groups -OCH3 is 1. The lowest BCUT2D eigenvalue weighted by Crippen LogP contribution is -2.27. The highest BCUT2D eigenvalue weighted by Crippen LogP contribution is 2.30. The van der Waals surface area contributed by atoms with E-state index in [0.29, 0.717) is 43.2 Å². The van der Waals surface area contributed by atoms with Crippen LogP contribution in [0, 0.1) is 10.9 Å². The van der Waals surface area contributed by atoms with Gasteiger partial charge in [-0.2, -0.15) is 0 Å². The van der Waals surface area contributed by atoms with Crippen molar-refractivity contribution in [1.29, 1.82) is 0 Å². The van der Waals surface area contributed by atoms with Gasteiger partial charge in [-0.1, -0.05) is 78.9 Å². The maximum Gasteiger partial charge on any atom is 0.278 e. The number of rotatable bonds is 10. The maximum absolute atomic E-state index is 13.9. The van der Waals surface area contributed by atoms with Crippen LogP contribution >= 0.6 is 35.3 Å². The van der Waals surface area contributed by atoms with Gasteiger partial charge in [0.1, 0.15) is 10.4 Å². The summed E-state index contributed by atoms with van der Waals surface area (Å²) in [4.78, 5) is 21.3. The second kappa shape index (κ2) is 11.5. The summed E-state index contributed by atoms with van der Waals surface area (Å²) in [6.07, 6.45) is 0. The Bertz CT molecular complexity index is 1420. The number of ether oxygens (including phenoxy) is 1. The van der Waals surface area contributed by atoms with Gasteiger partial charge < -0.3 is 14.2 Å². The summed E-state index contributed by atoms with van der Waals surface area (Å²) in [5, 5.41) is 0.622. The van der Waals surface area contributed by atoms with Gasteiger partial charge in [0.2, 0.25) is 0 Å². The number of hydrogen-bond acceptors (Lipinski definition) is 7. The number of aromatic nitrogens is 3. The lowest BCUT2D eigenvalue weighted by molar-refractivity contribution is 0.291. The predicted molar refractivity (Wildman–Crippen MR) is 149 cm³/mol. The van der Waals surface area contributed by atoms with E-state index in [1.165, 1.54) is 22.5 Å². The van der Waals surface area contributed by atoms with Crippen LogP contribution in [0.4, 0.5) is 0 Å². The number of thiazole rings is 1. The van der Waals surface area contributed by atoms with E-state index in [0.717, 1.165) is 19.6 Å². The molecule has 0 fully saturated rings. The lowest BCUT2D eigenvalue weighted by Gasteiger charge is -2.18. The number of hydrogen-bond donors (Lipinski definition) is 0. The summed E-state index contributed by atoms with van der Waals surface area (Å²) in [6.45, 7) is 9.88. The van der Waals surface area contributed by atoms with Crippen molar-refractivity contribution in [3.05, 3.63) is 74.0 Å². The van der Waals surface area contributed by atoms with Crippen molar-refractivity contribution < 1.29 is 4.74 Å². The topological polar surface area (TPSA) is 52.3 Å². The Hall–Kier alpha value is -2.46. The van der Waals surface area contributed by atoms with Crippen LogP contribution in [0.25, 0.3) is 16.0 Å². The SMILES string of the molecule is CCN(CC)CCn1c(=S)sc2c(=O)n(-c3ccccc3OC)c(SCc3ccc(C)cc3)nc21. The number of para-hydroxylation sites is 2. The molecule has 0 unspecified atom stereocenters. The third kappa shape index (κ3) is 5.53. The number of benzene rings is 2. The van der Waals surface area contributed by atoms with Crippen LogP contribution in [0.2, 0.25) is 0 Å². The van der Waals surface area contributed by atoms with Gasteiger partial charge in [0.15, 0.2) is 14.8 Å². The fourth-order valence-corrected chi connectivity index (χ4v) is 6.18. The van der Waals surface area contributed by atoms with E-state index >= 15 is 0 Å². The highest BCUT2D eigenvalue weighted by Gasteiger charge is 2.20. The van der Waals surface area contributed by atoms with Gasteiger partial charge in [0, 0.05) is 18.8 Å². The molecule has 0 amide bonds. The first-order chi connectivity index (χ1) is 17.0. The van der Waals surface area contributed by atoms with E-state index in [1.807, 2.05) is 28.8 Å². The monoisotopic (exact) mass is 526 g/mol. The number of aryl methyl sites for hydroxylation is 1. The molecule has 0 aliphatic rings. The Morgan fingerprint density at radius 3 is 2.51 bits per heavy atom. The minimum Gasteiger partial charge on any atom is -0.495 e. The molecule has 184 valence electrons. The second-order valence-electron chi connectivity index (χ2n) is 8.18. The first kappa shape index (κ1) is 25.6. The highest BCUT2D eigenvalue weighted by molar-refractivity contribution is 7.98. The number of likely N-dealkylation sites (N-methyl/N-ethyl adjacent to an activating group) is 1. The van der Waals surface area contributed by atoms with Gasteiger partial charge in [-0.25, -0.2) is 4.98 Å². The first-order valence-corrected chi connectivity index (χ1v) is 13.9. The zero-order valence-electron chi connectivity index (χ0n) is 20.5. The van der Waals surface area contributed by atoms with Gasteiger partial charge in [0.25, 0.3) is 5.56 Å². The Labute approximate surface area is 219 Å². The molecule has 4 rings (SSSR count). The summed E-state index contributed by atoms with van der Waals surface area (Å²) in [7, 11) is 1.61. The van der Waals surface area contributed by atoms with Gasteiger partial charge in [-0.05, 0) is 49.9 Å². The molecule has 6 nitrogen and oxygen atoms in total. The highest BCUT2D eigenvalue weighted by atomic mass is 32.2. The molecule has 35 heavy (non-hydrogen) atoms. The maximum atomic E-state index is 13.9. The normalized spacial score (nSPS) is 11.5. The van der Waals surface area contributed by atoms with Crippen LogP contribution in [-0.2, 0) is 12.3 Å². The standard InChI is InChI=1S/C26H30N4O2S3/c1-5-28(6-2)15-16-29-23-22(35-26(29)33)24(31)30(20-9-7-8-10-21(20)32-4)25(27-23)34-17-19-13-11-18(3)12-14-19/h7-14H,5-6,15-17H2,1-4H3. The molecule has 0 atom stereocenters. The van der Waals surface area contributed by atoms with Gasteiger partial charge in [0.05, 0.1) is 12.8 Å². The van der Waals surface area contributed by atoms with Crippen molar-refractivity contribution >= 4 is 45.7 Å². The van der Waals surface area contributed by atoms with Crippen molar-refractivity contribution in [2.24, 2.45) is 0 Å². The van der Waals surface area contributed by atoms with E-state index in [4.69, 9.17) is 21.9 Å². The molecule has 2 heterocycles. The number of thioether (sulfide) groups is 1. The van der Waals surface area contributed by atoms with Crippen LogP contribution in [0.5, 0.6) is 5.75 Å². The second-order valence-corrected chi connectivity index (χ2v) is 10.8. The van der Waals surface area contributed by atoms with E-state index in [1.54, 1.807) is 23.4 Å². The van der Waals surface area contributed by atoms with Crippen molar-refractivity contribution in [3.63, 3.8) is 0 Å². The fourth-order valence-electron chi connectivity index (χ4n) is 3.91. The molecular weight excluding hydrogens is 497 g/mol. The Balaban J connectivity index is 1.85. The minimum atomic E-state index is -0.122. The largest absolute Gasteiger partial charge is 0.495 e. The zero-order chi connectivity index (χ0) is 24.9. The smallest absolute Gasteiger partial charge is 0.278 e. The molecule has 0 spiro atoms.